The number of amides is 1. The molecule has 0 aromatic heterocycles. The zero-order valence-corrected chi connectivity index (χ0v) is 4.90. The van der Waals surface area contributed by atoms with E-state index in [1.165, 1.54) is 0 Å². The van der Waals surface area contributed by atoms with E-state index in [1.54, 1.807) is 0 Å². The van der Waals surface area contributed by atoms with Crippen LogP contribution in [0.4, 0.5) is 0 Å². The predicted molar refractivity (Wildman–Crippen MR) is 29.9 cm³/mol. The molecule has 0 aliphatic rings. The molecule has 1 radical (unpaired) electrons. The maximum Gasteiger partial charge on any atom is 0.217 e. The van der Waals surface area contributed by atoms with Crippen LogP contribution in [0.5, 0.6) is 0 Å². The van der Waals surface area contributed by atoms with Crippen molar-refractivity contribution in [2.24, 2.45) is 5.73 Å². The van der Waals surface area contributed by atoms with Gasteiger partial charge in [-0.1, -0.05) is 6.92 Å². The van der Waals surface area contributed by atoms with E-state index in [0.29, 0.717) is 6.42 Å². The van der Waals surface area contributed by atoms with Crippen LogP contribution in [0.2, 0.25) is 0 Å². The van der Waals surface area contributed by atoms with Crippen LogP contribution in [0.25, 0.3) is 0 Å². The molecule has 0 aliphatic carbocycles. The smallest absolute Gasteiger partial charge is 0.217 e. The van der Waals surface area contributed by atoms with Crippen LogP contribution in [0.1, 0.15) is 19.8 Å². The summed E-state index contributed by atoms with van der Waals surface area (Å²) in [5, 5.41) is 0. The third kappa shape index (κ3) is 10.7. The Morgan fingerprint density at radius 3 is 2.14 bits per heavy atom. The second kappa shape index (κ2) is 6.07. The van der Waals surface area contributed by atoms with Crippen LogP contribution in [0.15, 0.2) is 0 Å². The molecule has 0 aromatic carbocycles. The van der Waals surface area contributed by atoms with Crippen molar-refractivity contribution < 1.29 is 4.79 Å². The van der Waals surface area contributed by atoms with Crippen LogP contribution in [-0.2, 0) is 4.79 Å². The topological polar surface area (TPSA) is 43.1 Å². The van der Waals surface area contributed by atoms with Crippen LogP contribution >= 0.6 is 0 Å². The van der Waals surface area contributed by atoms with Gasteiger partial charge in [0, 0.05) is 25.3 Å². The van der Waals surface area contributed by atoms with Gasteiger partial charge in [0.15, 0.2) is 0 Å². The Hall–Kier alpha value is 0.0674. The van der Waals surface area contributed by atoms with Crippen molar-refractivity contribution in [3.8, 4) is 0 Å². The molecule has 0 aromatic rings. The second-order valence-corrected chi connectivity index (χ2v) is 1.22. The minimum Gasteiger partial charge on any atom is -0.370 e. The molecule has 0 fully saturated rings. The summed E-state index contributed by atoms with van der Waals surface area (Å²) in [5.41, 5.74) is 4.76. The summed E-state index contributed by atoms with van der Waals surface area (Å²) in [4.78, 5) is 9.82. The van der Waals surface area contributed by atoms with E-state index < -0.39 is 0 Å². The molecule has 0 spiro atoms. The van der Waals surface area contributed by atoms with Crippen LogP contribution < -0.4 is 5.73 Å². The summed E-state index contributed by atoms with van der Waals surface area (Å²) >= 11 is 0. The third-order valence-electron chi connectivity index (χ3n) is 0.496. The van der Waals surface area contributed by atoms with Crippen LogP contribution in [0.3, 0.4) is 0 Å². The minimum atomic E-state index is -0.211. The van der Waals surface area contributed by atoms with Gasteiger partial charge in [0.05, 0.1) is 0 Å². The average molecular weight is 94.1 g/mol. The Balaban J connectivity index is 0. The van der Waals surface area contributed by atoms with E-state index in [0.717, 1.165) is 6.42 Å². The summed E-state index contributed by atoms with van der Waals surface area (Å²) in [6.07, 6.45) is 1.37. The van der Waals surface area contributed by atoms with Gasteiger partial charge in [0.1, 0.15) is 0 Å². The van der Waals surface area contributed by atoms with Gasteiger partial charge in [-0.3, -0.25) is 4.79 Å². The van der Waals surface area contributed by atoms with E-state index >= 15 is 0 Å². The van der Waals surface area contributed by atoms with E-state index in [2.05, 4.69) is 0 Å². The van der Waals surface area contributed by atoms with E-state index in [-0.39, 0.29) is 24.8 Å². The van der Waals surface area contributed by atoms with E-state index in [1.807, 2.05) is 6.92 Å². The summed E-state index contributed by atoms with van der Waals surface area (Å²) in [5.74, 6) is -0.211. The molecule has 1 amide bonds. The van der Waals surface area contributed by atoms with Gasteiger partial charge in [-0.05, 0) is 6.42 Å². The SMILES string of the molecule is CCCC(N)=O.[Li]. The zero-order chi connectivity index (χ0) is 4.99. The molecule has 2 nitrogen and oxygen atoms in total. The van der Waals surface area contributed by atoms with Gasteiger partial charge in [0.25, 0.3) is 0 Å². The molecule has 0 aliphatic heterocycles. The molecule has 0 saturated heterocycles. The first kappa shape index (κ1) is 10.1. The number of primary amides is 1. The molecule has 0 rings (SSSR count). The first-order chi connectivity index (χ1) is 2.77. The molecule has 3 heteroatoms. The second-order valence-electron chi connectivity index (χ2n) is 1.22. The Bertz CT molecular complexity index is 55.7. The Morgan fingerprint density at radius 2 is 2.14 bits per heavy atom. The maximum absolute atomic E-state index is 9.82. The van der Waals surface area contributed by atoms with Crippen LogP contribution in [0, 0.1) is 0 Å². The molecule has 0 saturated carbocycles. The summed E-state index contributed by atoms with van der Waals surface area (Å²) < 4.78 is 0. The minimum absolute atomic E-state index is 0. The standard InChI is InChI=1S/C4H9NO.Li/c1-2-3-4(5)6;/h2-3H2,1H3,(H2,5,6);. The molecule has 7 heavy (non-hydrogen) atoms. The van der Waals surface area contributed by atoms with Crippen molar-refractivity contribution >= 4 is 24.8 Å². The molecule has 0 unspecified atom stereocenters. The first-order valence-electron chi connectivity index (χ1n) is 2.05. The monoisotopic (exact) mass is 94.1 g/mol. The van der Waals surface area contributed by atoms with Crippen molar-refractivity contribution in [2.45, 2.75) is 19.8 Å². The fourth-order valence-electron chi connectivity index (χ4n) is 0.246. The molecule has 2 N–H and O–H groups in total. The van der Waals surface area contributed by atoms with Crippen LogP contribution in [-0.4, -0.2) is 24.8 Å². The van der Waals surface area contributed by atoms with Gasteiger partial charge in [0.2, 0.25) is 5.91 Å². The number of carbonyl (C=O) groups is 1. The van der Waals surface area contributed by atoms with Gasteiger partial charge in [-0.25, -0.2) is 0 Å². The molecule has 0 atom stereocenters. The Morgan fingerprint density at radius 1 is 1.71 bits per heavy atom. The zero-order valence-electron chi connectivity index (χ0n) is 4.90. The number of hydrogen-bond donors (Lipinski definition) is 1. The fraction of sp³-hybridized carbons (Fsp3) is 0.750. The molecule has 37 valence electrons. The third-order valence-corrected chi connectivity index (χ3v) is 0.496. The summed E-state index contributed by atoms with van der Waals surface area (Å²) in [6.45, 7) is 1.92. The molecule has 0 heterocycles. The maximum atomic E-state index is 9.82. The molecular weight excluding hydrogens is 85.0 g/mol. The van der Waals surface area contributed by atoms with Crippen molar-refractivity contribution in [1.29, 1.82) is 0 Å². The van der Waals surface area contributed by atoms with Crippen molar-refractivity contribution in [1.82, 2.24) is 0 Å². The van der Waals surface area contributed by atoms with E-state index in [9.17, 15) is 4.79 Å². The molecular formula is C4H9LiNO. The largest absolute Gasteiger partial charge is 0.370 e. The summed E-state index contributed by atoms with van der Waals surface area (Å²) in [7, 11) is 0. The number of hydrogen-bond acceptors (Lipinski definition) is 1. The van der Waals surface area contributed by atoms with E-state index in [4.69, 9.17) is 5.73 Å². The number of rotatable bonds is 2. The number of nitrogens with two attached hydrogens (primary N) is 1. The first-order valence-corrected chi connectivity index (χ1v) is 2.05. The normalized spacial score (nSPS) is 7.00. The van der Waals surface area contributed by atoms with Crippen molar-refractivity contribution in [2.75, 3.05) is 0 Å². The van der Waals surface area contributed by atoms with Crippen molar-refractivity contribution in [3.63, 3.8) is 0 Å². The Kier molecular flexibility index (Phi) is 8.78. The van der Waals surface area contributed by atoms with Gasteiger partial charge < -0.3 is 5.73 Å². The van der Waals surface area contributed by atoms with Gasteiger partial charge in [-0.2, -0.15) is 0 Å². The van der Waals surface area contributed by atoms with Crippen molar-refractivity contribution in [3.05, 3.63) is 0 Å². The molecule has 0 bridgehead atoms. The van der Waals surface area contributed by atoms with Gasteiger partial charge in [-0.15, -0.1) is 0 Å². The van der Waals surface area contributed by atoms with Gasteiger partial charge >= 0.3 is 0 Å². The average Bonchev–Trinajstić information content (AvgIpc) is 1.35. The number of carbonyl (C=O) groups excluding carboxylic acids is 1. The predicted octanol–water partition coefficient (Wildman–Crippen LogP) is -0.109. The Labute approximate surface area is 55.6 Å². The fourth-order valence-corrected chi connectivity index (χ4v) is 0.246. The summed E-state index contributed by atoms with van der Waals surface area (Å²) in [6, 6.07) is 0. The quantitative estimate of drug-likeness (QED) is 0.477.